The highest BCUT2D eigenvalue weighted by atomic mass is 32.2. The zero-order chi connectivity index (χ0) is 16.4. The van der Waals surface area contributed by atoms with E-state index in [1.54, 1.807) is 0 Å². The number of piperidine rings is 2. The second-order valence-electron chi connectivity index (χ2n) is 7.20. The fraction of sp³-hybridized carbons (Fsp3) is 0.632. The van der Waals surface area contributed by atoms with Crippen LogP contribution < -0.4 is 5.32 Å². The lowest BCUT2D eigenvalue weighted by Crippen LogP contribution is -2.46. The number of anilines is 1. The minimum atomic E-state index is 0.812. The number of hydrogen-bond donors (Lipinski definition) is 1. The van der Waals surface area contributed by atoms with Crippen molar-refractivity contribution in [3.05, 3.63) is 28.9 Å². The van der Waals surface area contributed by atoms with Crippen LogP contribution in [-0.4, -0.2) is 53.5 Å². The largest absolute Gasteiger partial charge is 0.366 e. The van der Waals surface area contributed by atoms with Crippen LogP contribution >= 0.6 is 11.8 Å². The lowest BCUT2D eigenvalue weighted by molar-refractivity contribution is 0.108. The normalized spacial score (nSPS) is 23.2. The van der Waals surface area contributed by atoms with Gasteiger partial charge in [0.15, 0.2) is 0 Å². The molecule has 1 N–H and O–H groups in total. The predicted octanol–water partition coefficient (Wildman–Crippen LogP) is 3.70. The zero-order valence-electron chi connectivity index (χ0n) is 14.6. The van der Waals surface area contributed by atoms with Gasteiger partial charge in [0.25, 0.3) is 0 Å². The molecular weight excluding hydrogens is 316 g/mol. The topological polar surface area (TPSA) is 31.4 Å². The number of fused-ring (bicyclic) bond motifs is 1. The number of aromatic nitrogens is 1. The van der Waals surface area contributed by atoms with Crippen LogP contribution in [0.25, 0.3) is 0 Å². The fourth-order valence-electron chi connectivity index (χ4n) is 4.07. The Hall–Kier alpha value is -1.20. The van der Waals surface area contributed by atoms with Gasteiger partial charge in [-0.2, -0.15) is 0 Å². The van der Waals surface area contributed by atoms with Crippen molar-refractivity contribution in [3.8, 4) is 0 Å². The van der Waals surface area contributed by atoms with Crippen LogP contribution in [0.5, 0.6) is 0 Å². The molecule has 130 valence electrons. The molecule has 5 heteroatoms. The van der Waals surface area contributed by atoms with Crippen LogP contribution in [0.4, 0.5) is 5.82 Å². The van der Waals surface area contributed by atoms with Crippen LogP contribution in [0.1, 0.15) is 37.7 Å². The minimum absolute atomic E-state index is 0.812. The molecule has 4 nitrogen and oxygen atoms in total. The van der Waals surface area contributed by atoms with Crippen LogP contribution in [0.2, 0.25) is 0 Å². The molecule has 0 spiro atoms. The lowest BCUT2D eigenvalue weighted by atomic mass is 10.0. The number of aryl methyl sites for hydroxylation is 1. The van der Waals surface area contributed by atoms with E-state index in [1.807, 2.05) is 18.0 Å². The maximum absolute atomic E-state index is 4.54. The summed E-state index contributed by atoms with van der Waals surface area (Å²) in [5.74, 6) is 1.03. The van der Waals surface area contributed by atoms with Gasteiger partial charge in [-0.1, -0.05) is 18.2 Å². The number of rotatable bonds is 2. The van der Waals surface area contributed by atoms with Gasteiger partial charge in [-0.05, 0) is 63.4 Å². The van der Waals surface area contributed by atoms with Crippen molar-refractivity contribution in [2.24, 2.45) is 0 Å². The molecule has 0 unspecified atom stereocenters. The minimum Gasteiger partial charge on any atom is -0.366 e. The Bertz CT molecular complexity index is 601. The molecule has 0 bridgehead atoms. The van der Waals surface area contributed by atoms with Gasteiger partial charge < -0.3 is 15.1 Å². The monoisotopic (exact) mass is 344 g/mol. The molecule has 0 saturated carbocycles. The standard InChI is InChI=1S/C19H28N4S/c1-15-13-17-19(21-14-15)20-8-5-18(24-17)23-11-6-16(7-12-23)22-9-3-2-4-10-22/h5,13-14,16H,2-4,6-12H2,1H3,(H,20,21). The summed E-state index contributed by atoms with van der Waals surface area (Å²) in [6.45, 7) is 8.02. The Morgan fingerprint density at radius 2 is 1.92 bits per heavy atom. The predicted molar refractivity (Wildman–Crippen MR) is 101 cm³/mol. The highest BCUT2D eigenvalue weighted by Gasteiger charge is 2.27. The number of nitrogens with zero attached hydrogens (tertiary/aromatic N) is 3. The van der Waals surface area contributed by atoms with Crippen molar-refractivity contribution in [1.29, 1.82) is 0 Å². The molecule has 0 aromatic carbocycles. The number of nitrogens with one attached hydrogen (secondary N) is 1. The van der Waals surface area contributed by atoms with Gasteiger partial charge in [-0.3, -0.25) is 0 Å². The Labute approximate surface area is 149 Å². The molecule has 3 aliphatic rings. The average Bonchev–Trinajstić information content (AvgIpc) is 2.84. The summed E-state index contributed by atoms with van der Waals surface area (Å²) < 4.78 is 0. The molecule has 1 aromatic rings. The average molecular weight is 345 g/mol. The molecular formula is C19H28N4S. The van der Waals surface area contributed by atoms with Gasteiger partial charge in [0.1, 0.15) is 5.82 Å². The van der Waals surface area contributed by atoms with Gasteiger partial charge in [0.2, 0.25) is 0 Å². The third kappa shape index (κ3) is 3.57. The van der Waals surface area contributed by atoms with Gasteiger partial charge in [-0.25, -0.2) is 4.98 Å². The van der Waals surface area contributed by atoms with Gasteiger partial charge >= 0.3 is 0 Å². The Morgan fingerprint density at radius 3 is 2.71 bits per heavy atom. The van der Waals surface area contributed by atoms with E-state index < -0.39 is 0 Å². The third-order valence-electron chi connectivity index (χ3n) is 5.43. The van der Waals surface area contributed by atoms with Crippen LogP contribution in [0.15, 0.2) is 28.3 Å². The summed E-state index contributed by atoms with van der Waals surface area (Å²) in [4.78, 5) is 11.1. The Morgan fingerprint density at radius 1 is 1.12 bits per heavy atom. The number of pyridine rings is 1. The first kappa shape index (κ1) is 16.3. The van der Waals surface area contributed by atoms with E-state index in [1.165, 1.54) is 73.8 Å². The molecule has 24 heavy (non-hydrogen) atoms. The van der Waals surface area contributed by atoms with Crippen LogP contribution in [0, 0.1) is 6.92 Å². The first-order valence-electron chi connectivity index (χ1n) is 9.37. The molecule has 2 saturated heterocycles. The summed E-state index contributed by atoms with van der Waals surface area (Å²) in [5.41, 5.74) is 1.23. The summed E-state index contributed by atoms with van der Waals surface area (Å²) in [5, 5.41) is 4.85. The molecule has 2 fully saturated rings. The maximum atomic E-state index is 4.54. The molecule has 4 rings (SSSR count). The third-order valence-corrected chi connectivity index (χ3v) is 6.60. The molecule has 3 aliphatic heterocycles. The van der Waals surface area contributed by atoms with E-state index in [4.69, 9.17) is 0 Å². The SMILES string of the molecule is Cc1cnc2c(c1)SC(N1CCC(N3CCCCC3)CC1)=CCN2. The van der Waals surface area contributed by atoms with Crippen LogP contribution in [-0.2, 0) is 0 Å². The number of thioether (sulfide) groups is 1. The molecule has 0 amide bonds. The van der Waals surface area contributed by atoms with Crippen molar-refractivity contribution in [2.45, 2.75) is 50.0 Å². The summed E-state index contributed by atoms with van der Waals surface area (Å²) in [7, 11) is 0. The van der Waals surface area contributed by atoms with E-state index in [9.17, 15) is 0 Å². The Kier molecular flexibility index (Phi) is 4.99. The van der Waals surface area contributed by atoms with E-state index in [-0.39, 0.29) is 0 Å². The lowest BCUT2D eigenvalue weighted by Gasteiger charge is -2.41. The van der Waals surface area contributed by atoms with Crippen molar-refractivity contribution in [3.63, 3.8) is 0 Å². The summed E-state index contributed by atoms with van der Waals surface area (Å²) in [6.07, 6.45) is 11.1. The summed E-state index contributed by atoms with van der Waals surface area (Å²) >= 11 is 1.88. The van der Waals surface area contributed by atoms with E-state index in [0.717, 1.165) is 18.4 Å². The van der Waals surface area contributed by atoms with E-state index in [2.05, 4.69) is 39.2 Å². The molecule has 0 aliphatic carbocycles. The van der Waals surface area contributed by atoms with Gasteiger partial charge in [0, 0.05) is 31.9 Å². The first-order valence-corrected chi connectivity index (χ1v) is 10.2. The maximum Gasteiger partial charge on any atom is 0.140 e. The Balaban J connectivity index is 1.39. The number of hydrogen-bond acceptors (Lipinski definition) is 5. The second-order valence-corrected chi connectivity index (χ2v) is 8.26. The smallest absolute Gasteiger partial charge is 0.140 e. The van der Waals surface area contributed by atoms with Crippen molar-refractivity contribution < 1.29 is 0 Å². The fourth-order valence-corrected chi connectivity index (χ4v) is 5.24. The number of likely N-dealkylation sites (tertiary alicyclic amines) is 2. The zero-order valence-corrected chi connectivity index (χ0v) is 15.4. The highest BCUT2D eigenvalue weighted by Crippen LogP contribution is 2.37. The van der Waals surface area contributed by atoms with Crippen molar-refractivity contribution >= 4 is 17.6 Å². The molecule has 0 atom stereocenters. The first-order chi connectivity index (χ1) is 11.8. The van der Waals surface area contributed by atoms with Gasteiger partial charge in [0.05, 0.1) is 9.92 Å². The van der Waals surface area contributed by atoms with E-state index >= 15 is 0 Å². The van der Waals surface area contributed by atoms with Crippen molar-refractivity contribution in [2.75, 3.05) is 38.0 Å². The molecule has 1 aromatic heterocycles. The van der Waals surface area contributed by atoms with Crippen molar-refractivity contribution in [1.82, 2.24) is 14.8 Å². The summed E-state index contributed by atoms with van der Waals surface area (Å²) in [6, 6.07) is 3.06. The highest BCUT2D eigenvalue weighted by molar-refractivity contribution is 8.03. The second kappa shape index (κ2) is 7.36. The van der Waals surface area contributed by atoms with E-state index in [0.29, 0.717) is 0 Å². The van der Waals surface area contributed by atoms with Gasteiger partial charge in [-0.15, -0.1) is 0 Å². The molecule has 0 radical (unpaired) electrons. The quantitative estimate of drug-likeness (QED) is 0.884. The van der Waals surface area contributed by atoms with Crippen LogP contribution in [0.3, 0.4) is 0 Å². The molecule has 4 heterocycles.